The van der Waals surface area contributed by atoms with Gasteiger partial charge >= 0.3 is 0 Å². The topological polar surface area (TPSA) is 124 Å². The highest BCUT2D eigenvalue weighted by atomic mass is 32.2. The summed E-state index contributed by atoms with van der Waals surface area (Å²) in [5.74, 6) is -1.19. The molecule has 1 amide bonds. The molecule has 1 aliphatic rings. The van der Waals surface area contributed by atoms with Crippen molar-refractivity contribution in [2.24, 2.45) is 0 Å². The molecule has 0 spiro atoms. The molecule has 0 aliphatic heterocycles. The van der Waals surface area contributed by atoms with E-state index in [1.807, 2.05) is 13.8 Å². The van der Waals surface area contributed by atoms with E-state index in [-0.39, 0.29) is 16.6 Å². The fourth-order valence-corrected chi connectivity index (χ4v) is 5.24. The van der Waals surface area contributed by atoms with Crippen molar-refractivity contribution in [3.05, 3.63) is 65.8 Å². The second-order valence-electron chi connectivity index (χ2n) is 8.25. The summed E-state index contributed by atoms with van der Waals surface area (Å²) in [7, 11) is -3.25. The van der Waals surface area contributed by atoms with Gasteiger partial charge in [-0.2, -0.15) is 0 Å². The van der Waals surface area contributed by atoms with Gasteiger partial charge in [0.05, 0.1) is 64.9 Å². The zero-order valence-corrected chi connectivity index (χ0v) is 20.3. The summed E-state index contributed by atoms with van der Waals surface area (Å²) >= 11 is 0. The number of sulfone groups is 1. The molecule has 1 saturated carbocycles. The molecular formula is C24H26FN5O4S. The quantitative estimate of drug-likeness (QED) is 0.450. The number of aromatic nitrogens is 4. The van der Waals surface area contributed by atoms with Gasteiger partial charge < -0.3 is 10.1 Å². The van der Waals surface area contributed by atoms with Crippen molar-refractivity contribution in [2.75, 3.05) is 6.61 Å². The molecule has 3 aromatic rings. The van der Waals surface area contributed by atoms with Crippen LogP contribution < -0.4 is 10.1 Å². The molecular weight excluding hydrogens is 473 g/mol. The molecule has 1 aromatic carbocycles. The first-order valence-electron chi connectivity index (χ1n) is 11.4. The van der Waals surface area contributed by atoms with Gasteiger partial charge in [-0.15, -0.1) is 0 Å². The number of hydrogen-bond acceptors (Lipinski definition) is 8. The lowest BCUT2D eigenvalue weighted by Crippen LogP contribution is -2.30. The van der Waals surface area contributed by atoms with Gasteiger partial charge in [-0.25, -0.2) is 17.8 Å². The number of benzene rings is 1. The van der Waals surface area contributed by atoms with E-state index in [0.717, 1.165) is 0 Å². The molecule has 2 heterocycles. The van der Waals surface area contributed by atoms with Crippen molar-refractivity contribution in [2.45, 2.75) is 50.2 Å². The van der Waals surface area contributed by atoms with E-state index in [1.165, 1.54) is 36.9 Å². The number of nitrogens with one attached hydrogen (secondary N) is 1. The van der Waals surface area contributed by atoms with Crippen molar-refractivity contribution in [3.8, 4) is 17.1 Å². The number of rotatable bonds is 10. The standard InChI is InChI=1S/C24H26FN5O4S/c1-3-20(22-12-26-10-16(28-22)14-35(32,33)17-6-7-17)30-24(31)18-8-5-15(9-19(18)25)21-11-27-13-23(29-21)34-4-2/h5,8-13,17,20H,3-4,6-7,14H2,1-2H3,(H,30,31). The summed E-state index contributed by atoms with van der Waals surface area (Å²) in [5.41, 5.74) is 1.48. The van der Waals surface area contributed by atoms with Crippen molar-refractivity contribution >= 4 is 15.7 Å². The van der Waals surface area contributed by atoms with Crippen LogP contribution in [0.1, 0.15) is 60.9 Å². The van der Waals surface area contributed by atoms with Gasteiger partial charge in [-0.05, 0) is 38.3 Å². The number of nitrogens with zero attached hydrogens (tertiary/aromatic N) is 4. The Hall–Kier alpha value is -3.47. The van der Waals surface area contributed by atoms with Gasteiger partial charge in [0.2, 0.25) is 5.88 Å². The fourth-order valence-electron chi connectivity index (χ4n) is 3.60. The minimum Gasteiger partial charge on any atom is -0.477 e. The van der Waals surface area contributed by atoms with Crippen LogP contribution >= 0.6 is 0 Å². The Labute approximate surface area is 203 Å². The number of hydrogen-bond donors (Lipinski definition) is 1. The minimum atomic E-state index is -3.25. The minimum absolute atomic E-state index is 0.137. The highest BCUT2D eigenvalue weighted by Crippen LogP contribution is 2.30. The van der Waals surface area contributed by atoms with E-state index in [0.29, 0.717) is 54.4 Å². The van der Waals surface area contributed by atoms with Crippen molar-refractivity contribution < 1.29 is 22.3 Å². The Morgan fingerprint density at radius 3 is 2.60 bits per heavy atom. The zero-order chi connectivity index (χ0) is 25.0. The van der Waals surface area contributed by atoms with Gasteiger partial charge in [-0.1, -0.05) is 13.0 Å². The molecule has 0 radical (unpaired) electrons. The first-order chi connectivity index (χ1) is 16.8. The molecule has 11 heteroatoms. The monoisotopic (exact) mass is 499 g/mol. The van der Waals surface area contributed by atoms with E-state index >= 15 is 0 Å². The molecule has 0 saturated heterocycles. The second kappa shape index (κ2) is 10.4. The molecule has 1 fully saturated rings. The molecule has 1 N–H and O–H groups in total. The summed E-state index contributed by atoms with van der Waals surface area (Å²) in [6.45, 7) is 4.08. The van der Waals surface area contributed by atoms with E-state index < -0.39 is 27.6 Å². The van der Waals surface area contributed by atoms with E-state index in [1.54, 1.807) is 6.07 Å². The van der Waals surface area contributed by atoms with Gasteiger partial charge in [0.15, 0.2) is 9.84 Å². The number of carbonyl (C=O) groups excluding carboxylic acids is 1. The maximum absolute atomic E-state index is 14.9. The molecule has 184 valence electrons. The Morgan fingerprint density at radius 2 is 1.91 bits per heavy atom. The van der Waals surface area contributed by atoms with Crippen LogP contribution in [-0.4, -0.2) is 46.1 Å². The van der Waals surface area contributed by atoms with E-state index in [9.17, 15) is 17.6 Å². The van der Waals surface area contributed by atoms with Crippen molar-refractivity contribution in [1.82, 2.24) is 25.3 Å². The van der Waals surface area contributed by atoms with Crippen LogP contribution in [0.25, 0.3) is 11.3 Å². The maximum Gasteiger partial charge on any atom is 0.254 e. The van der Waals surface area contributed by atoms with E-state index in [2.05, 4.69) is 25.3 Å². The molecule has 9 nitrogen and oxygen atoms in total. The van der Waals surface area contributed by atoms with E-state index in [4.69, 9.17) is 4.74 Å². The number of carbonyl (C=O) groups is 1. The lowest BCUT2D eigenvalue weighted by atomic mass is 10.1. The molecule has 0 bridgehead atoms. The fraction of sp³-hybridized carbons (Fsp3) is 0.375. The van der Waals surface area contributed by atoms with Crippen LogP contribution in [0.2, 0.25) is 0 Å². The number of ether oxygens (including phenoxy) is 1. The van der Waals surface area contributed by atoms with Crippen LogP contribution in [0.4, 0.5) is 4.39 Å². The molecule has 1 atom stereocenters. The summed E-state index contributed by atoms with van der Waals surface area (Å²) in [4.78, 5) is 29.7. The van der Waals surface area contributed by atoms with Gasteiger partial charge in [-0.3, -0.25) is 19.7 Å². The van der Waals surface area contributed by atoms with Gasteiger partial charge in [0, 0.05) is 11.8 Å². The highest BCUT2D eigenvalue weighted by molar-refractivity contribution is 7.91. The Kier molecular flexibility index (Phi) is 7.34. The summed E-state index contributed by atoms with van der Waals surface area (Å²) in [5, 5.41) is 2.47. The first kappa shape index (κ1) is 24.6. The van der Waals surface area contributed by atoms with Gasteiger partial charge in [0.25, 0.3) is 5.91 Å². The molecule has 1 aliphatic carbocycles. The lowest BCUT2D eigenvalue weighted by molar-refractivity contribution is 0.0930. The predicted octanol–water partition coefficient (Wildman–Crippen LogP) is 3.43. The average molecular weight is 500 g/mol. The third-order valence-electron chi connectivity index (χ3n) is 5.57. The summed E-state index contributed by atoms with van der Waals surface area (Å²) < 4.78 is 44.8. The number of amides is 1. The van der Waals surface area contributed by atoms with Crippen molar-refractivity contribution in [1.29, 1.82) is 0 Å². The smallest absolute Gasteiger partial charge is 0.254 e. The van der Waals surface area contributed by atoms with Crippen molar-refractivity contribution in [3.63, 3.8) is 0 Å². The molecule has 2 aromatic heterocycles. The molecule has 1 unspecified atom stereocenters. The maximum atomic E-state index is 14.9. The second-order valence-corrected chi connectivity index (χ2v) is 10.5. The molecule has 4 rings (SSSR count). The Morgan fingerprint density at radius 1 is 1.14 bits per heavy atom. The number of halogens is 1. The van der Waals surface area contributed by atoms with Crippen LogP contribution in [0.3, 0.4) is 0 Å². The predicted molar refractivity (Wildman–Crippen MR) is 127 cm³/mol. The zero-order valence-electron chi connectivity index (χ0n) is 19.4. The van der Waals surface area contributed by atoms with Crippen LogP contribution in [0.15, 0.2) is 43.0 Å². The van der Waals surface area contributed by atoms with Crippen LogP contribution in [-0.2, 0) is 15.6 Å². The summed E-state index contributed by atoms with van der Waals surface area (Å²) in [6.07, 6.45) is 7.66. The Bertz CT molecular complexity index is 1330. The highest BCUT2D eigenvalue weighted by Gasteiger charge is 2.36. The first-order valence-corrected chi connectivity index (χ1v) is 13.1. The third-order valence-corrected chi connectivity index (χ3v) is 7.75. The van der Waals surface area contributed by atoms with Crippen LogP contribution in [0.5, 0.6) is 5.88 Å². The SMILES string of the molecule is CCOc1cncc(-c2ccc(C(=O)NC(CC)c3cncc(CS(=O)(=O)C4CC4)n3)c(F)c2)n1. The summed E-state index contributed by atoms with van der Waals surface area (Å²) in [6, 6.07) is 3.62. The normalized spacial score (nSPS) is 14.4. The Balaban J connectivity index is 1.49. The third kappa shape index (κ3) is 5.97. The average Bonchev–Trinajstić information content (AvgIpc) is 3.69. The van der Waals surface area contributed by atoms with Gasteiger partial charge in [0.1, 0.15) is 5.82 Å². The molecule has 35 heavy (non-hydrogen) atoms. The largest absolute Gasteiger partial charge is 0.477 e. The lowest BCUT2D eigenvalue weighted by Gasteiger charge is -2.17. The van der Waals surface area contributed by atoms with Crippen LogP contribution in [0, 0.1) is 5.82 Å².